The number of nitrogens with one attached hydrogen (secondary N) is 1. The van der Waals surface area contributed by atoms with Gasteiger partial charge < -0.3 is 9.47 Å². The van der Waals surface area contributed by atoms with Crippen LogP contribution in [0.1, 0.15) is 45.4 Å². The Bertz CT molecular complexity index is 316. The summed E-state index contributed by atoms with van der Waals surface area (Å²) in [6, 6.07) is 0.516. The Kier molecular flexibility index (Phi) is 6.18. The smallest absolute Gasteiger partial charge is 0.325 e. The van der Waals surface area contributed by atoms with E-state index in [1.54, 1.807) is 0 Å². The van der Waals surface area contributed by atoms with Crippen molar-refractivity contribution in [1.29, 1.82) is 0 Å². The summed E-state index contributed by atoms with van der Waals surface area (Å²) in [4.78, 5) is 12.0. The molecule has 1 N–H and O–H groups in total. The van der Waals surface area contributed by atoms with Crippen molar-refractivity contribution in [1.82, 2.24) is 5.32 Å². The highest BCUT2D eigenvalue weighted by Gasteiger charge is 2.38. The second kappa shape index (κ2) is 7.66. The summed E-state index contributed by atoms with van der Waals surface area (Å²) < 4.78 is 10.3. The number of thioether (sulfide) groups is 1. The van der Waals surface area contributed by atoms with Crippen molar-refractivity contribution in [2.45, 2.75) is 62.3 Å². The lowest BCUT2D eigenvalue weighted by molar-refractivity contribution is -0.148. The molecule has 1 unspecified atom stereocenters. The zero-order chi connectivity index (χ0) is 14.4. The van der Waals surface area contributed by atoms with Crippen molar-refractivity contribution < 1.29 is 14.3 Å². The van der Waals surface area contributed by atoms with E-state index in [4.69, 9.17) is 9.47 Å². The second-order valence-electron chi connectivity index (χ2n) is 6.03. The molecule has 0 aromatic heterocycles. The topological polar surface area (TPSA) is 47.6 Å². The molecular formula is C15H27NO3S. The molecule has 1 heterocycles. The maximum atomic E-state index is 12.0. The van der Waals surface area contributed by atoms with E-state index in [-0.39, 0.29) is 5.97 Å². The predicted octanol–water partition coefficient (Wildman–Crippen LogP) is 2.36. The van der Waals surface area contributed by atoms with Crippen LogP contribution in [0.4, 0.5) is 0 Å². The molecule has 20 heavy (non-hydrogen) atoms. The molecule has 2 rings (SSSR count). The lowest BCUT2D eigenvalue weighted by Crippen LogP contribution is -2.51. The third-order valence-corrected chi connectivity index (χ3v) is 5.55. The number of hydrogen-bond donors (Lipinski definition) is 1. The Morgan fingerprint density at radius 1 is 1.35 bits per heavy atom. The van der Waals surface area contributed by atoms with Crippen molar-refractivity contribution in [2.24, 2.45) is 0 Å². The van der Waals surface area contributed by atoms with Crippen LogP contribution >= 0.6 is 11.8 Å². The van der Waals surface area contributed by atoms with Crippen molar-refractivity contribution in [3.05, 3.63) is 0 Å². The minimum atomic E-state index is -0.508. The molecule has 1 aliphatic carbocycles. The van der Waals surface area contributed by atoms with Crippen LogP contribution < -0.4 is 5.32 Å². The van der Waals surface area contributed by atoms with Gasteiger partial charge in [0.15, 0.2) is 0 Å². The van der Waals surface area contributed by atoms with Gasteiger partial charge in [-0.05, 0) is 51.2 Å². The van der Waals surface area contributed by atoms with Crippen molar-refractivity contribution in [2.75, 3.05) is 26.1 Å². The molecule has 0 aromatic carbocycles. The van der Waals surface area contributed by atoms with E-state index < -0.39 is 5.54 Å². The van der Waals surface area contributed by atoms with E-state index in [2.05, 4.69) is 5.32 Å². The van der Waals surface area contributed by atoms with Crippen molar-refractivity contribution in [3.8, 4) is 0 Å². The fourth-order valence-corrected chi connectivity index (χ4v) is 3.83. The zero-order valence-corrected chi connectivity index (χ0v) is 13.5. The largest absolute Gasteiger partial charge is 0.468 e. The number of ether oxygens (including phenoxy) is 2. The molecule has 2 fully saturated rings. The Morgan fingerprint density at radius 2 is 2.05 bits per heavy atom. The van der Waals surface area contributed by atoms with E-state index in [0.29, 0.717) is 6.04 Å². The molecule has 116 valence electrons. The molecule has 1 saturated carbocycles. The number of carbonyl (C=O) groups excluding carboxylic acids is 1. The van der Waals surface area contributed by atoms with Gasteiger partial charge in [-0.2, -0.15) is 11.8 Å². The molecule has 1 saturated heterocycles. The van der Waals surface area contributed by atoms with Gasteiger partial charge in [-0.15, -0.1) is 0 Å². The summed E-state index contributed by atoms with van der Waals surface area (Å²) in [5, 5.41) is 4.19. The van der Waals surface area contributed by atoms with Crippen molar-refractivity contribution in [3.63, 3.8) is 0 Å². The fourth-order valence-electron chi connectivity index (χ4n) is 2.65. The van der Waals surface area contributed by atoms with Crippen LogP contribution in [0.15, 0.2) is 0 Å². The summed E-state index contributed by atoms with van der Waals surface area (Å²) in [5.41, 5.74) is -0.508. The lowest BCUT2D eigenvalue weighted by atomic mass is 9.96. The van der Waals surface area contributed by atoms with E-state index >= 15 is 0 Å². The van der Waals surface area contributed by atoms with E-state index in [1.165, 1.54) is 32.8 Å². The van der Waals surface area contributed by atoms with Crippen LogP contribution in [0.2, 0.25) is 0 Å². The first-order chi connectivity index (χ1) is 9.64. The van der Waals surface area contributed by atoms with Crippen LogP contribution in [0.25, 0.3) is 0 Å². The molecule has 1 atom stereocenters. The Hall–Kier alpha value is -0.260. The van der Waals surface area contributed by atoms with E-state index in [1.807, 2.05) is 18.7 Å². The molecule has 0 spiro atoms. The van der Waals surface area contributed by atoms with Crippen LogP contribution in [-0.2, 0) is 14.3 Å². The first-order valence-corrected chi connectivity index (χ1v) is 8.74. The first-order valence-electron chi connectivity index (χ1n) is 7.69. The summed E-state index contributed by atoms with van der Waals surface area (Å²) >= 11 is 2.03. The van der Waals surface area contributed by atoms with E-state index in [9.17, 15) is 4.79 Å². The summed E-state index contributed by atoms with van der Waals surface area (Å²) in [6.07, 6.45) is 6.60. The molecule has 0 bridgehead atoms. The lowest BCUT2D eigenvalue weighted by Gasteiger charge is -2.28. The van der Waals surface area contributed by atoms with Gasteiger partial charge >= 0.3 is 5.97 Å². The highest BCUT2D eigenvalue weighted by Crippen LogP contribution is 2.28. The van der Waals surface area contributed by atoms with Gasteiger partial charge in [-0.25, -0.2) is 0 Å². The molecule has 1 aliphatic heterocycles. The maximum absolute atomic E-state index is 12.0. The molecule has 5 heteroatoms. The third-order valence-electron chi connectivity index (χ3n) is 4.08. The van der Waals surface area contributed by atoms with Gasteiger partial charge in [0, 0.05) is 24.5 Å². The number of esters is 1. The van der Waals surface area contributed by atoms with Crippen LogP contribution in [0.3, 0.4) is 0 Å². The van der Waals surface area contributed by atoms with Gasteiger partial charge in [0.2, 0.25) is 0 Å². The molecular weight excluding hydrogens is 274 g/mol. The molecule has 0 aromatic rings. The van der Waals surface area contributed by atoms with Gasteiger partial charge in [-0.3, -0.25) is 10.1 Å². The summed E-state index contributed by atoms with van der Waals surface area (Å²) in [5.74, 6) is 0.990. The SMILES string of the molecule is COC(=O)C(C)(CCCSC1CCOCC1)NC1CC1. The quantitative estimate of drug-likeness (QED) is 0.551. The highest BCUT2D eigenvalue weighted by molar-refractivity contribution is 7.99. The second-order valence-corrected chi connectivity index (χ2v) is 7.44. The Morgan fingerprint density at radius 3 is 2.65 bits per heavy atom. The highest BCUT2D eigenvalue weighted by atomic mass is 32.2. The fraction of sp³-hybridized carbons (Fsp3) is 0.933. The van der Waals surface area contributed by atoms with Gasteiger partial charge in [0.25, 0.3) is 0 Å². The maximum Gasteiger partial charge on any atom is 0.325 e. The Balaban J connectivity index is 1.69. The zero-order valence-electron chi connectivity index (χ0n) is 12.7. The monoisotopic (exact) mass is 301 g/mol. The molecule has 0 amide bonds. The van der Waals surface area contributed by atoms with E-state index in [0.717, 1.165) is 37.1 Å². The van der Waals surface area contributed by atoms with Crippen LogP contribution in [0, 0.1) is 0 Å². The average molecular weight is 301 g/mol. The number of carbonyl (C=O) groups is 1. The first kappa shape index (κ1) is 16.1. The summed E-state index contributed by atoms with van der Waals surface area (Å²) in [7, 11) is 1.48. The number of methoxy groups -OCH3 is 1. The summed E-state index contributed by atoms with van der Waals surface area (Å²) in [6.45, 7) is 3.79. The number of hydrogen-bond acceptors (Lipinski definition) is 5. The van der Waals surface area contributed by atoms with Gasteiger partial charge in [0.05, 0.1) is 7.11 Å². The van der Waals surface area contributed by atoms with Crippen LogP contribution in [0.5, 0.6) is 0 Å². The van der Waals surface area contributed by atoms with Crippen LogP contribution in [-0.4, -0.2) is 48.9 Å². The van der Waals surface area contributed by atoms with Gasteiger partial charge in [-0.1, -0.05) is 0 Å². The minimum Gasteiger partial charge on any atom is -0.468 e. The standard InChI is InChI=1S/C15H27NO3S/c1-15(14(17)18-2,16-12-4-5-12)8-3-11-20-13-6-9-19-10-7-13/h12-13,16H,3-11H2,1-2H3. The molecule has 0 radical (unpaired) electrons. The average Bonchev–Trinajstić information content (AvgIpc) is 3.27. The predicted molar refractivity (Wildman–Crippen MR) is 82.1 cm³/mol. The Labute approximate surface area is 126 Å². The van der Waals surface area contributed by atoms with Gasteiger partial charge in [0.1, 0.15) is 5.54 Å². The molecule has 4 nitrogen and oxygen atoms in total. The molecule has 2 aliphatic rings. The number of rotatable bonds is 8. The minimum absolute atomic E-state index is 0.125. The third kappa shape index (κ3) is 4.93. The van der Waals surface area contributed by atoms with Crippen molar-refractivity contribution >= 4 is 17.7 Å². The normalized spacial score (nSPS) is 23.3.